The van der Waals surface area contributed by atoms with Crippen LogP contribution in [0.5, 0.6) is 5.75 Å². The molecule has 0 fully saturated rings. The smallest absolute Gasteiger partial charge is 0.408 e. The zero-order chi connectivity index (χ0) is 33.9. The highest BCUT2D eigenvalue weighted by molar-refractivity contribution is 5.91. The Morgan fingerprint density at radius 3 is 1.89 bits per heavy atom. The number of hydrogen-bond donors (Lipinski definition) is 4. The molecule has 0 aliphatic carbocycles. The molecule has 3 amide bonds. The lowest BCUT2D eigenvalue weighted by Crippen LogP contribution is -2.46. The van der Waals surface area contributed by atoms with Gasteiger partial charge in [0.25, 0.3) is 0 Å². The molecule has 3 atom stereocenters. The lowest BCUT2D eigenvalue weighted by atomic mass is 9.91. The average Bonchev–Trinajstić information content (AvgIpc) is 2.89. The Hall–Kier alpha value is -4.08. The number of alkyl carbamates (subject to hydrolysis) is 2. The molecule has 10 heteroatoms. The number of Topliss-reactive ketones (excluding diaryl/α,β-unsaturated/α-hetero) is 1. The van der Waals surface area contributed by atoms with Gasteiger partial charge in [0.2, 0.25) is 5.91 Å². The SMILES string of the molecule is Cc1cc(O)cc(C)c1C[C@H](NC(=O)OC(C)(C)C)C(=O)C[C@H](C)C(=O)NCC(CNC(=O)OC(C)(C)C)Cc1ccccc1. The third-order valence-electron chi connectivity index (χ3n) is 6.99. The third kappa shape index (κ3) is 14.0. The molecule has 45 heavy (non-hydrogen) atoms. The monoisotopic (exact) mass is 625 g/mol. The maximum absolute atomic E-state index is 13.6. The fourth-order valence-electron chi connectivity index (χ4n) is 4.85. The van der Waals surface area contributed by atoms with Crippen molar-refractivity contribution in [3.63, 3.8) is 0 Å². The molecule has 0 saturated carbocycles. The van der Waals surface area contributed by atoms with Crippen LogP contribution in [0.15, 0.2) is 42.5 Å². The Balaban J connectivity index is 2.11. The number of rotatable bonds is 13. The molecule has 0 radical (unpaired) electrons. The summed E-state index contributed by atoms with van der Waals surface area (Å²) in [4.78, 5) is 51.7. The third-order valence-corrected chi connectivity index (χ3v) is 6.99. The number of carbonyl (C=O) groups is 4. The van der Waals surface area contributed by atoms with Crippen molar-refractivity contribution in [3.8, 4) is 5.75 Å². The maximum atomic E-state index is 13.6. The molecule has 248 valence electrons. The summed E-state index contributed by atoms with van der Waals surface area (Å²) in [5, 5.41) is 18.4. The van der Waals surface area contributed by atoms with Crippen LogP contribution in [0.1, 0.15) is 77.1 Å². The van der Waals surface area contributed by atoms with E-state index in [1.54, 1.807) is 60.6 Å². The first-order valence-electron chi connectivity index (χ1n) is 15.4. The summed E-state index contributed by atoms with van der Waals surface area (Å²) in [5.41, 5.74) is 2.05. The van der Waals surface area contributed by atoms with Crippen molar-refractivity contribution in [1.29, 1.82) is 0 Å². The van der Waals surface area contributed by atoms with Crippen LogP contribution >= 0.6 is 0 Å². The first-order chi connectivity index (χ1) is 20.8. The van der Waals surface area contributed by atoms with Crippen LogP contribution in [0.4, 0.5) is 9.59 Å². The van der Waals surface area contributed by atoms with Crippen LogP contribution in [0.2, 0.25) is 0 Å². The molecule has 10 nitrogen and oxygen atoms in total. The number of ketones is 1. The van der Waals surface area contributed by atoms with Crippen LogP contribution in [0, 0.1) is 25.7 Å². The Labute approximate surface area is 267 Å². The molecular formula is C35H51N3O7. The second-order valence-corrected chi connectivity index (χ2v) is 13.7. The number of nitrogens with one attached hydrogen (secondary N) is 3. The van der Waals surface area contributed by atoms with Crippen molar-refractivity contribution >= 4 is 23.9 Å². The molecule has 1 unspecified atom stereocenters. The number of phenolic OH excluding ortho intramolecular Hbond substituents is 1. The predicted octanol–water partition coefficient (Wildman–Crippen LogP) is 5.54. The van der Waals surface area contributed by atoms with Gasteiger partial charge < -0.3 is 30.5 Å². The minimum atomic E-state index is -0.944. The first-order valence-corrected chi connectivity index (χ1v) is 15.4. The molecule has 2 aromatic carbocycles. The van der Waals surface area contributed by atoms with Crippen LogP contribution in [0.25, 0.3) is 0 Å². The number of aromatic hydroxyl groups is 1. The lowest BCUT2D eigenvalue weighted by Gasteiger charge is -2.25. The average molecular weight is 626 g/mol. The van der Waals surface area contributed by atoms with Crippen LogP contribution < -0.4 is 16.0 Å². The molecule has 0 aliphatic rings. The van der Waals surface area contributed by atoms with Gasteiger partial charge in [0.05, 0.1) is 6.04 Å². The molecule has 0 heterocycles. The van der Waals surface area contributed by atoms with Gasteiger partial charge in [-0.05, 0) is 102 Å². The maximum Gasteiger partial charge on any atom is 0.408 e. The predicted molar refractivity (Wildman–Crippen MR) is 174 cm³/mol. The topological polar surface area (TPSA) is 143 Å². The summed E-state index contributed by atoms with van der Waals surface area (Å²) >= 11 is 0. The Morgan fingerprint density at radius 2 is 1.33 bits per heavy atom. The van der Waals surface area contributed by atoms with Gasteiger partial charge in [0.1, 0.15) is 17.0 Å². The van der Waals surface area contributed by atoms with Crippen molar-refractivity contribution in [2.45, 2.75) is 98.8 Å². The Kier molecular flexibility index (Phi) is 13.4. The van der Waals surface area contributed by atoms with Gasteiger partial charge in [0, 0.05) is 31.8 Å². The van der Waals surface area contributed by atoms with Crippen molar-refractivity contribution < 1.29 is 33.8 Å². The van der Waals surface area contributed by atoms with Crippen LogP contribution in [-0.2, 0) is 31.9 Å². The summed E-state index contributed by atoms with van der Waals surface area (Å²) in [7, 11) is 0. The van der Waals surface area contributed by atoms with Crippen molar-refractivity contribution in [1.82, 2.24) is 16.0 Å². The first kappa shape index (κ1) is 37.1. The van der Waals surface area contributed by atoms with Gasteiger partial charge >= 0.3 is 12.2 Å². The largest absolute Gasteiger partial charge is 0.508 e. The highest BCUT2D eigenvalue weighted by Crippen LogP contribution is 2.23. The quantitative estimate of drug-likeness (QED) is 0.229. The van der Waals surface area contributed by atoms with Crippen LogP contribution in [-0.4, -0.2) is 59.3 Å². The van der Waals surface area contributed by atoms with Gasteiger partial charge in [-0.15, -0.1) is 0 Å². The molecule has 2 aromatic rings. The molecule has 2 rings (SSSR count). The summed E-state index contributed by atoms with van der Waals surface area (Å²) in [6.45, 7) is 16.5. The molecular weight excluding hydrogens is 574 g/mol. The van der Waals surface area contributed by atoms with E-state index in [9.17, 15) is 24.3 Å². The summed E-state index contributed by atoms with van der Waals surface area (Å²) < 4.78 is 10.8. The van der Waals surface area contributed by atoms with Gasteiger partial charge in [-0.2, -0.15) is 0 Å². The second kappa shape index (κ2) is 16.3. The van der Waals surface area contributed by atoms with Gasteiger partial charge in [-0.25, -0.2) is 9.59 Å². The number of aryl methyl sites for hydroxylation is 2. The van der Waals surface area contributed by atoms with Gasteiger partial charge in [-0.1, -0.05) is 37.3 Å². The highest BCUT2D eigenvalue weighted by atomic mass is 16.6. The van der Waals surface area contributed by atoms with E-state index in [0.717, 1.165) is 22.3 Å². The van der Waals surface area contributed by atoms with Crippen molar-refractivity contribution in [2.75, 3.05) is 13.1 Å². The molecule has 0 spiro atoms. The van der Waals surface area contributed by atoms with E-state index >= 15 is 0 Å². The van der Waals surface area contributed by atoms with Gasteiger partial charge in [-0.3, -0.25) is 9.59 Å². The normalized spacial score (nSPS) is 13.6. The Morgan fingerprint density at radius 1 is 0.800 bits per heavy atom. The number of amides is 3. The second-order valence-electron chi connectivity index (χ2n) is 13.7. The number of ether oxygens (including phenoxy) is 2. The molecule has 0 bridgehead atoms. The van der Waals surface area contributed by atoms with Gasteiger partial charge in [0.15, 0.2) is 5.78 Å². The minimum absolute atomic E-state index is 0.109. The van der Waals surface area contributed by atoms with Crippen molar-refractivity contribution in [2.24, 2.45) is 11.8 Å². The Bertz CT molecular complexity index is 1290. The van der Waals surface area contributed by atoms with Crippen molar-refractivity contribution in [3.05, 3.63) is 64.7 Å². The van der Waals surface area contributed by atoms with E-state index in [2.05, 4.69) is 16.0 Å². The van der Waals surface area contributed by atoms with E-state index in [1.807, 2.05) is 44.2 Å². The van der Waals surface area contributed by atoms with E-state index in [-0.39, 0.29) is 49.3 Å². The van der Waals surface area contributed by atoms with E-state index in [1.165, 1.54) is 0 Å². The fourth-order valence-corrected chi connectivity index (χ4v) is 4.85. The number of benzene rings is 2. The number of phenols is 1. The minimum Gasteiger partial charge on any atom is -0.508 e. The lowest BCUT2D eigenvalue weighted by molar-refractivity contribution is -0.129. The van der Waals surface area contributed by atoms with E-state index in [4.69, 9.17) is 9.47 Å². The number of carbonyl (C=O) groups excluding carboxylic acids is 4. The summed E-state index contributed by atoms with van der Waals surface area (Å²) in [5.74, 6) is -1.32. The zero-order valence-corrected chi connectivity index (χ0v) is 28.2. The van der Waals surface area contributed by atoms with E-state index < -0.39 is 35.3 Å². The molecule has 0 saturated heterocycles. The highest BCUT2D eigenvalue weighted by Gasteiger charge is 2.29. The standard InChI is InChI=1S/C35H51N3O7/c1-22-15-27(39)16-23(2)28(22)19-29(38-33(43)45-35(7,8)9)30(40)17-24(3)31(41)36-20-26(18-25-13-11-10-12-14-25)21-37-32(42)44-34(4,5)6/h10-16,24,26,29,39H,17-21H2,1-9H3,(H,36,41)(H,37,42)(H,38,43)/t24-,26?,29-/m0/s1. The molecule has 0 aliphatic heterocycles. The van der Waals surface area contributed by atoms with E-state index in [0.29, 0.717) is 6.42 Å². The zero-order valence-electron chi connectivity index (χ0n) is 28.2. The summed E-state index contributed by atoms with van der Waals surface area (Å²) in [6.07, 6.45) is -0.582. The number of hydrogen-bond acceptors (Lipinski definition) is 7. The molecule has 0 aromatic heterocycles. The molecule has 4 N–H and O–H groups in total. The fraction of sp³-hybridized carbons (Fsp3) is 0.543. The van der Waals surface area contributed by atoms with Crippen LogP contribution in [0.3, 0.4) is 0 Å². The summed E-state index contributed by atoms with van der Waals surface area (Å²) in [6, 6.07) is 12.0.